The van der Waals surface area contributed by atoms with Crippen molar-refractivity contribution in [3.8, 4) is 0 Å². The summed E-state index contributed by atoms with van der Waals surface area (Å²) in [6, 6.07) is 2.55. The molecule has 1 aliphatic rings. The van der Waals surface area contributed by atoms with Gasteiger partial charge in [-0.3, -0.25) is 4.79 Å². The summed E-state index contributed by atoms with van der Waals surface area (Å²) < 4.78 is 52.9. The van der Waals surface area contributed by atoms with Crippen molar-refractivity contribution in [2.75, 3.05) is 19.6 Å². The van der Waals surface area contributed by atoms with Gasteiger partial charge in [0.2, 0.25) is 15.9 Å². The van der Waals surface area contributed by atoms with Crippen molar-refractivity contribution in [3.63, 3.8) is 0 Å². The van der Waals surface area contributed by atoms with Crippen LogP contribution in [-0.4, -0.2) is 43.2 Å². The Hall–Kier alpha value is -1.91. The number of aromatic nitrogens is 1. The van der Waals surface area contributed by atoms with Crippen LogP contribution in [0.4, 0.5) is 8.78 Å². The lowest BCUT2D eigenvalue weighted by Gasteiger charge is -2.30. The van der Waals surface area contributed by atoms with Crippen LogP contribution >= 0.6 is 11.3 Å². The van der Waals surface area contributed by atoms with Crippen LogP contribution < -0.4 is 5.32 Å². The third kappa shape index (κ3) is 5.61. The zero-order chi connectivity index (χ0) is 21.7. The van der Waals surface area contributed by atoms with Crippen LogP contribution in [-0.2, 0) is 21.2 Å². The Labute approximate surface area is 179 Å². The number of hydrogen-bond donors (Lipinski definition) is 1. The molecular formula is C20H25F2N3O3S2. The Balaban J connectivity index is 1.41. The molecule has 1 saturated heterocycles. The molecule has 30 heavy (non-hydrogen) atoms. The molecule has 10 heteroatoms. The monoisotopic (exact) mass is 457 g/mol. The van der Waals surface area contributed by atoms with E-state index in [9.17, 15) is 22.0 Å². The molecule has 1 fully saturated rings. The minimum absolute atomic E-state index is 0.0648. The lowest BCUT2D eigenvalue weighted by atomic mass is 9.97. The van der Waals surface area contributed by atoms with Crippen LogP contribution in [0.3, 0.4) is 0 Å². The molecule has 6 nitrogen and oxygen atoms in total. The van der Waals surface area contributed by atoms with Gasteiger partial charge in [0.1, 0.15) is 0 Å². The second kappa shape index (κ2) is 9.93. The largest absolute Gasteiger partial charge is 0.356 e. The van der Waals surface area contributed by atoms with Gasteiger partial charge >= 0.3 is 0 Å². The maximum atomic E-state index is 13.4. The number of aryl methyl sites for hydroxylation is 2. The summed E-state index contributed by atoms with van der Waals surface area (Å²) in [5.41, 5.74) is 1.03. The van der Waals surface area contributed by atoms with Crippen LogP contribution in [0.15, 0.2) is 28.5 Å². The number of halogens is 2. The molecule has 0 atom stereocenters. The van der Waals surface area contributed by atoms with Crippen molar-refractivity contribution in [2.45, 2.75) is 43.9 Å². The standard InChI is InChI=1S/C20H25F2N3O3S2/c1-14-13-29-19(24-14)4-2-3-9-23-20(26)15-7-10-25(11-8-15)30(27,28)16-5-6-17(21)18(22)12-16/h5-6,12-13,15H,2-4,7-11H2,1H3,(H,23,26). The Morgan fingerprint density at radius 1 is 1.23 bits per heavy atom. The Bertz CT molecular complexity index is 987. The number of amides is 1. The second-order valence-corrected chi connectivity index (χ2v) is 10.3. The van der Waals surface area contributed by atoms with Crippen molar-refractivity contribution >= 4 is 27.3 Å². The van der Waals surface area contributed by atoms with Crippen LogP contribution in [0.2, 0.25) is 0 Å². The summed E-state index contributed by atoms with van der Waals surface area (Å²) in [5.74, 6) is -2.60. The zero-order valence-corrected chi connectivity index (χ0v) is 18.4. The molecular weight excluding hydrogens is 432 g/mol. The van der Waals surface area contributed by atoms with Crippen molar-refractivity contribution < 1.29 is 22.0 Å². The number of nitrogens with one attached hydrogen (secondary N) is 1. The second-order valence-electron chi connectivity index (χ2n) is 7.39. The Morgan fingerprint density at radius 3 is 2.60 bits per heavy atom. The van der Waals surface area contributed by atoms with Crippen LogP contribution in [0, 0.1) is 24.5 Å². The predicted octanol–water partition coefficient (Wildman–Crippen LogP) is 3.27. The number of sulfonamides is 1. The average Bonchev–Trinajstić information content (AvgIpc) is 3.14. The van der Waals surface area contributed by atoms with Gasteiger partial charge in [-0.25, -0.2) is 22.2 Å². The minimum atomic E-state index is -3.91. The third-order valence-electron chi connectivity index (χ3n) is 5.14. The number of unbranched alkanes of at least 4 members (excludes halogenated alkanes) is 1. The Morgan fingerprint density at radius 2 is 1.97 bits per heavy atom. The van der Waals surface area contributed by atoms with E-state index < -0.39 is 21.7 Å². The normalized spacial score (nSPS) is 16.0. The molecule has 3 rings (SSSR count). The van der Waals surface area contributed by atoms with Gasteiger partial charge in [-0.15, -0.1) is 11.3 Å². The number of rotatable bonds is 8. The molecule has 0 spiro atoms. The van der Waals surface area contributed by atoms with Gasteiger partial charge in [0.05, 0.1) is 9.90 Å². The fraction of sp³-hybridized carbons (Fsp3) is 0.500. The number of benzene rings is 1. The maximum Gasteiger partial charge on any atom is 0.243 e. The fourth-order valence-electron chi connectivity index (χ4n) is 3.42. The number of hydrogen-bond acceptors (Lipinski definition) is 5. The van der Waals surface area contributed by atoms with Gasteiger partial charge < -0.3 is 5.32 Å². The Kier molecular flexibility index (Phi) is 7.54. The van der Waals surface area contributed by atoms with Crippen molar-refractivity contribution in [3.05, 3.63) is 45.9 Å². The molecule has 0 bridgehead atoms. The SMILES string of the molecule is Cc1csc(CCCCNC(=O)C2CCN(S(=O)(=O)c3ccc(F)c(F)c3)CC2)n1. The highest BCUT2D eigenvalue weighted by Gasteiger charge is 2.32. The number of piperidine rings is 1. The molecule has 1 aromatic heterocycles. The van der Waals surface area contributed by atoms with E-state index in [1.807, 2.05) is 12.3 Å². The van der Waals surface area contributed by atoms with Gasteiger partial charge in [0.15, 0.2) is 11.6 Å². The maximum absolute atomic E-state index is 13.4. The van der Waals surface area contributed by atoms with Gasteiger partial charge in [0.25, 0.3) is 0 Å². The highest BCUT2D eigenvalue weighted by atomic mass is 32.2. The first-order chi connectivity index (χ1) is 14.3. The van der Waals surface area contributed by atoms with E-state index >= 15 is 0 Å². The van der Waals surface area contributed by atoms with E-state index in [-0.39, 0.29) is 29.8 Å². The first-order valence-electron chi connectivity index (χ1n) is 9.91. The smallest absolute Gasteiger partial charge is 0.243 e. The van der Waals surface area contributed by atoms with Crippen molar-refractivity contribution in [2.24, 2.45) is 5.92 Å². The molecule has 164 valence electrons. The van der Waals surface area contributed by atoms with E-state index in [4.69, 9.17) is 0 Å². The quantitative estimate of drug-likeness (QED) is 0.617. The van der Waals surface area contributed by atoms with Gasteiger partial charge in [-0.2, -0.15) is 4.31 Å². The molecule has 1 aromatic carbocycles. The van der Waals surface area contributed by atoms with Gasteiger partial charge in [0, 0.05) is 36.6 Å². The third-order valence-corrected chi connectivity index (χ3v) is 8.06. The molecule has 1 N–H and O–H groups in total. The van der Waals surface area contributed by atoms with E-state index in [2.05, 4.69) is 10.3 Å². The van der Waals surface area contributed by atoms with E-state index in [1.165, 1.54) is 4.31 Å². The van der Waals surface area contributed by atoms with Crippen molar-refractivity contribution in [1.82, 2.24) is 14.6 Å². The number of carbonyl (C=O) groups excluding carboxylic acids is 1. The van der Waals surface area contributed by atoms with E-state index in [0.717, 1.165) is 42.1 Å². The molecule has 0 radical (unpaired) electrons. The molecule has 0 saturated carbocycles. The molecule has 0 aliphatic carbocycles. The van der Waals surface area contributed by atoms with Gasteiger partial charge in [-0.1, -0.05) is 0 Å². The summed E-state index contributed by atoms with van der Waals surface area (Å²) in [4.78, 5) is 16.5. The lowest BCUT2D eigenvalue weighted by molar-refractivity contribution is -0.126. The lowest BCUT2D eigenvalue weighted by Crippen LogP contribution is -2.43. The van der Waals surface area contributed by atoms with Gasteiger partial charge in [-0.05, 0) is 57.2 Å². The summed E-state index contributed by atoms with van der Waals surface area (Å²) in [6.45, 7) is 2.89. The molecule has 2 aromatic rings. The average molecular weight is 458 g/mol. The number of carbonyl (C=O) groups is 1. The van der Waals surface area contributed by atoms with E-state index in [0.29, 0.717) is 25.5 Å². The highest BCUT2D eigenvalue weighted by molar-refractivity contribution is 7.89. The van der Waals surface area contributed by atoms with Crippen LogP contribution in [0.1, 0.15) is 36.4 Å². The molecule has 2 heterocycles. The minimum Gasteiger partial charge on any atom is -0.356 e. The first kappa shape index (κ1) is 22.8. The number of thiazole rings is 1. The summed E-state index contributed by atoms with van der Waals surface area (Å²) in [7, 11) is -3.91. The molecule has 1 amide bonds. The predicted molar refractivity (Wildman–Crippen MR) is 111 cm³/mol. The summed E-state index contributed by atoms with van der Waals surface area (Å²) in [5, 5.41) is 6.06. The van der Waals surface area contributed by atoms with Crippen molar-refractivity contribution in [1.29, 1.82) is 0 Å². The molecule has 0 unspecified atom stereocenters. The van der Waals surface area contributed by atoms with E-state index in [1.54, 1.807) is 11.3 Å². The highest BCUT2D eigenvalue weighted by Crippen LogP contribution is 2.25. The van der Waals surface area contributed by atoms with Crippen LogP contribution in [0.25, 0.3) is 0 Å². The fourth-order valence-corrected chi connectivity index (χ4v) is 5.72. The van der Waals surface area contributed by atoms with Crippen LogP contribution in [0.5, 0.6) is 0 Å². The summed E-state index contributed by atoms with van der Waals surface area (Å²) >= 11 is 1.65. The molecule has 1 aliphatic heterocycles. The first-order valence-corrected chi connectivity index (χ1v) is 12.2. The zero-order valence-electron chi connectivity index (χ0n) is 16.7. The topological polar surface area (TPSA) is 79.4 Å². The summed E-state index contributed by atoms with van der Waals surface area (Å²) in [6.07, 6.45) is 3.49. The number of nitrogens with zero attached hydrogens (tertiary/aromatic N) is 2.